The Bertz CT molecular complexity index is 1950. The maximum absolute atomic E-state index is 4.42. The number of aromatic nitrogens is 1. The third-order valence-corrected chi connectivity index (χ3v) is 8.12. The van der Waals surface area contributed by atoms with Crippen molar-refractivity contribution in [3.05, 3.63) is 148 Å². The summed E-state index contributed by atoms with van der Waals surface area (Å²) < 4.78 is 0. The number of pyridine rings is 1. The van der Waals surface area contributed by atoms with Gasteiger partial charge in [0.1, 0.15) is 0 Å². The molecule has 5 aromatic rings. The molecule has 0 unspecified atom stereocenters. The van der Waals surface area contributed by atoms with Gasteiger partial charge in [-0.05, 0) is 103 Å². The Balaban J connectivity index is 1.42. The fraction of sp³-hybridized carbons (Fsp3) is 0.103. The predicted molar refractivity (Wildman–Crippen MR) is 173 cm³/mol. The van der Waals surface area contributed by atoms with Crippen LogP contribution in [0.5, 0.6) is 0 Å². The molecule has 0 bridgehead atoms. The van der Waals surface area contributed by atoms with E-state index in [9.17, 15) is 0 Å². The first-order chi connectivity index (χ1) is 19.6. The van der Waals surface area contributed by atoms with E-state index in [1.807, 2.05) is 24.5 Å². The van der Waals surface area contributed by atoms with Crippen LogP contribution in [0.2, 0.25) is 0 Å². The first-order valence-corrected chi connectivity index (χ1v) is 14.0. The zero-order valence-corrected chi connectivity index (χ0v) is 23.2. The zero-order valence-electron chi connectivity index (χ0n) is 23.2. The molecule has 0 saturated heterocycles. The molecule has 1 aromatic heterocycles. The molecule has 194 valence electrons. The van der Waals surface area contributed by atoms with Crippen molar-refractivity contribution in [2.45, 2.75) is 26.7 Å². The molecule has 0 N–H and O–H groups in total. The topological polar surface area (TPSA) is 12.9 Å². The molecule has 0 aliphatic heterocycles. The van der Waals surface area contributed by atoms with E-state index >= 15 is 0 Å². The zero-order chi connectivity index (χ0) is 27.6. The molecule has 0 atom stereocenters. The highest BCUT2D eigenvalue weighted by atomic mass is 14.6. The van der Waals surface area contributed by atoms with Gasteiger partial charge in [-0.1, -0.05) is 111 Å². The minimum Gasteiger partial charge on any atom is -0.264 e. The van der Waals surface area contributed by atoms with Crippen LogP contribution in [-0.2, 0) is 12.8 Å². The van der Waals surface area contributed by atoms with Gasteiger partial charge < -0.3 is 0 Å². The lowest BCUT2D eigenvalue weighted by atomic mass is 9.90. The fourth-order valence-corrected chi connectivity index (χ4v) is 6.00. The van der Waals surface area contributed by atoms with Crippen molar-refractivity contribution in [2.75, 3.05) is 0 Å². The second-order valence-corrected chi connectivity index (χ2v) is 10.5. The van der Waals surface area contributed by atoms with Crippen LogP contribution in [0, 0.1) is 0 Å². The SMILES string of the molecule is C=C/C=C\c1cc/c(=C/C=C(\C)c2ccc3c(c2)-c2c(cccc2-c2cccc4cnccc24)C3)c(=C)c1CC. The van der Waals surface area contributed by atoms with Crippen LogP contribution in [0.15, 0.2) is 110 Å². The van der Waals surface area contributed by atoms with Gasteiger partial charge >= 0.3 is 0 Å². The Kier molecular flexibility index (Phi) is 6.88. The first kappa shape index (κ1) is 25.5. The molecule has 0 saturated carbocycles. The summed E-state index contributed by atoms with van der Waals surface area (Å²) >= 11 is 0. The van der Waals surface area contributed by atoms with Gasteiger partial charge in [0.15, 0.2) is 0 Å². The van der Waals surface area contributed by atoms with E-state index in [0.29, 0.717) is 0 Å². The standard InChI is InChI=1S/C39H33N/c1-5-7-10-29-18-17-28(27(4)34(29)6-2)16-15-26(3)30-19-20-31-23-32-11-8-14-37(39(32)38(31)24-30)36-13-9-12-33-25-40-22-21-35(33)36/h5,7-22,24-25H,1,4,6,23H2,2-3H3/b10-7-,26-15+,28-16-. The van der Waals surface area contributed by atoms with Gasteiger partial charge in [-0.3, -0.25) is 4.98 Å². The van der Waals surface area contributed by atoms with Gasteiger partial charge in [0.2, 0.25) is 0 Å². The number of hydrogen-bond donors (Lipinski definition) is 0. The normalized spacial score (nSPS) is 13.2. The van der Waals surface area contributed by atoms with Crippen LogP contribution in [0.1, 0.15) is 41.7 Å². The Morgan fingerprint density at radius 1 is 0.925 bits per heavy atom. The fourth-order valence-electron chi connectivity index (χ4n) is 6.00. The van der Waals surface area contributed by atoms with E-state index in [0.717, 1.165) is 23.3 Å². The molecule has 1 nitrogen and oxygen atoms in total. The predicted octanol–water partition coefficient (Wildman–Crippen LogP) is 8.53. The monoisotopic (exact) mass is 515 g/mol. The van der Waals surface area contributed by atoms with Crippen LogP contribution < -0.4 is 10.4 Å². The molecule has 0 radical (unpaired) electrons. The van der Waals surface area contributed by atoms with E-state index in [2.05, 4.69) is 123 Å². The number of benzene rings is 4. The lowest BCUT2D eigenvalue weighted by Gasteiger charge is -2.13. The Morgan fingerprint density at radius 3 is 2.62 bits per heavy atom. The second kappa shape index (κ2) is 10.8. The minimum absolute atomic E-state index is 0.944. The van der Waals surface area contributed by atoms with E-state index in [1.165, 1.54) is 66.4 Å². The van der Waals surface area contributed by atoms with E-state index in [4.69, 9.17) is 0 Å². The van der Waals surface area contributed by atoms with E-state index in [-0.39, 0.29) is 0 Å². The number of rotatable bonds is 6. The van der Waals surface area contributed by atoms with Crippen molar-refractivity contribution in [1.82, 2.24) is 4.98 Å². The molecule has 4 aromatic carbocycles. The molecule has 0 fully saturated rings. The Morgan fingerprint density at radius 2 is 1.77 bits per heavy atom. The smallest absolute Gasteiger partial charge is 0.0346 e. The minimum atomic E-state index is 0.944. The molecular formula is C39H33N. The third kappa shape index (κ3) is 4.54. The summed E-state index contributed by atoms with van der Waals surface area (Å²) in [7, 11) is 0. The Labute approximate surface area is 236 Å². The summed E-state index contributed by atoms with van der Waals surface area (Å²) in [6, 6.07) is 26.7. The highest BCUT2D eigenvalue weighted by Gasteiger charge is 2.23. The second-order valence-electron chi connectivity index (χ2n) is 10.5. The summed E-state index contributed by atoms with van der Waals surface area (Å²) in [6.07, 6.45) is 16.1. The van der Waals surface area contributed by atoms with Gasteiger partial charge in [0, 0.05) is 17.8 Å². The van der Waals surface area contributed by atoms with Crippen molar-refractivity contribution in [3.8, 4) is 22.3 Å². The van der Waals surface area contributed by atoms with Crippen LogP contribution >= 0.6 is 0 Å². The summed E-state index contributed by atoms with van der Waals surface area (Å²) in [6.45, 7) is 12.6. The van der Waals surface area contributed by atoms with Crippen molar-refractivity contribution in [1.29, 1.82) is 0 Å². The number of nitrogens with zero attached hydrogens (tertiary/aromatic N) is 1. The van der Waals surface area contributed by atoms with Crippen LogP contribution in [0.25, 0.3) is 57.3 Å². The van der Waals surface area contributed by atoms with Gasteiger partial charge in [-0.2, -0.15) is 0 Å². The Hall–Kier alpha value is -4.75. The van der Waals surface area contributed by atoms with Crippen LogP contribution in [0.4, 0.5) is 0 Å². The summed E-state index contributed by atoms with van der Waals surface area (Å²) in [5, 5.41) is 4.66. The molecule has 1 heteroatoms. The van der Waals surface area contributed by atoms with Gasteiger partial charge in [0.25, 0.3) is 0 Å². The average Bonchev–Trinajstić information content (AvgIpc) is 3.37. The third-order valence-electron chi connectivity index (χ3n) is 8.12. The number of allylic oxidation sites excluding steroid dienone is 4. The molecule has 1 aliphatic carbocycles. The maximum atomic E-state index is 4.42. The average molecular weight is 516 g/mol. The van der Waals surface area contributed by atoms with Gasteiger partial charge in [-0.25, -0.2) is 0 Å². The molecule has 6 rings (SSSR count). The summed E-state index contributed by atoms with van der Waals surface area (Å²) in [4.78, 5) is 4.34. The molecular weight excluding hydrogens is 482 g/mol. The van der Waals surface area contributed by atoms with Crippen LogP contribution in [-0.4, -0.2) is 4.98 Å². The summed E-state index contributed by atoms with van der Waals surface area (Å²) in [5.41, 5.74) is 13.0. The number of hydrogen-bond acceptors (Lipinski definition) is 1. The summed E-state index contributed by atoms with van der Waals surface area (Å²) in [5.74, 6) is 0. The molecule has 40 heavy (non-hydrogen) atoms. The van der Waals surface area contributed by atoms with Crippen molar-refractivity contribution in [2.24, 2.45) is 0 Å². The highest BCUT2D eigenvalue weighted by Crippen LogP contribution is 2.45. The lowest BCUT2D eigenvalue weighted by Crippen LogP contribution is -2.27. The number of fused-ring (bicyclic) bond motifs is 4. The lowest BCUT2D eigenvalue weighted by molar-refractivity contribution is 1.11. The molecule has 1 heterocycles. The van der Waals surface area contributed by atoms with E-state index < -0.39 is 0 Å². The molecule has 1 aliphatic rings. The molecule has 0 spiro atoms. The van der Waals surface area contributed by atoms with Gasteiger partial charge in [-0.15, -0.1) is 0 Å². The van der Waals surface area contributed by atoms with Crippen LogP contribution in [0.3, 0.4) is 0 Å². The van der Waals surface area contributed by atoms with Gasteiger partial charge in [0.05, 0.1) is 0 Å². The highest BCUT2D eigenvalue weighted by molar-refractivity contribution is 6.02. The van der Waals surface area contributed by atoms with Crippen molar-refractivity contribution >= 4 is 35.1 Å². The van der Waals surface area contributed by atoms with E-state index in [1.54, 1.807) is 0 Å². The molecule has 0 amide bonds. The van der Waals surface area contributed by atoms with Crippen molar-refractivity contribution < 1.29 is 0 Å². The first-order valence-electron chi connectivity index (χ1n) is 14.0. The largest absolute Gasteiger partial charge is 0.264 e. The quantitative estimate of drug-likeness (QED) is 0.203. The maximum Gasteiger partial charge on any atom is 0.0346 e. The van der Waals surface area contributed by atoms with Crippen molar-refractivity contribution in [3.63, 3.8) is 0 Å².